The van der Waals surface area contributed by atoms with Crippen LogP contribution in [0.1, 0.15) is 26.3 Å². The fourth-order valence-corrected chi connectivity index (χ4v) is 3.38. The number of rotatable bonds is 4. The predicted octanol–water partition coefficient (Wildman–Crippen LogP) is 3.89. The quantitative estimate of drug-likeness (QED) is 0.217. The summed E-state index contributed by atoms with van der Waals surface area (Å²) in [5.41, 5.74) is 13.8. The van der Waals surface area contributed by atoms with Crippen molar-refractivity contribution in [2.24, 2.45) is 0 Å². The summed E-state index contributed by atoms with van der Waals surface area (Å²) in [6.07, 6.45) is 0. The van der Waals surface area contributed by atoms with E-state index in [1.165, 1.54) is 7.11 Å². The highest BCUT2D eigenvalue weighted by atomic mass is 16.5. The molecule has 0 atom stereocenters. The summed E-state index contributed by atoms with van der Waals surface area (Å²) in [7, 11) is 3.11. The van der Waals surface area contributed by atoms with Crippen molar-refractivity contribution in [3.63, 3.8) is 0 Å². The number of nitriles is 1. The Balaban J connectivity index is 0.000000236. The van der Waals surface area contributed by atoms with Crippen LogP contribution in [0.25, 0.3) is 10.8 Å². The van der Waals surface area contributed by atoms with Crippen LogP contribution in [0.4, 0.5) is 17.1 Å². The first-order chi connectivity index (χ1) is 17.3. The Morgan fingerprint density at radius 2 is 1.67 bits per heavy atom. The number of aromatic hydroxyl groups is 1. The normalized spacial score (nSPS) is 9.92. The fourth-order valence-electron chi connectivity index (χ4n) is 3.38. The Kier molecular flexibility index (Phi) is 7.95. The number of phenols is 1. The molecular formula is C27H25N5O4. The number of amides is 2. The van der Waals surface area contributed by atoms with E-state index in [1.54, 1.807) is 61.6 Å². The second-order valence-corrected chi connectivity index (χ2v) is 7.59. The van der Waals surface area contributed by atoms with Crippen LogP contribution in [0.2, 0.25) is 0 Å². The van der Waals surface area contributed by atoms with Crippen LogP contribution in [-0.2, 0) is 0 Å². The lowest BCUT2D eigenvalue weighted by atomic mass is 10.0. The van der Waals surface area contributed by atoms with Gasteiger partial charge in [-0.15, -0.1) is 0 Å². The number of nitrogens with one attached hydrogen (secondary N) is 2. The summed E-state index contributed by atoms with van der Waals surface area (Å²) in [5, 5.41) is 25.6. The van der Waals surface area contributed by atoms with E-state index < -0.39 is 5.91 Å². The maximum Gasteiger partial charge on any atom is 0.259 e. The van der Waals surface area contributed by atoms with Gasteiger partial charge in [-0.25, -0.2) is 0 Å². The lowest BCUT2D eigenvalue weighted by molar-refractivity contribution is 0.0962. The van der Waals surface area contributed by atoms with Gasteiger partial charge in [-0.2, -0.15) is 5.26 Å². The highest BCUT2D eigenvalue weighted by Crippen LogP contribution is 2.34. The molecule has 0 saturated carbocycles. The second-order valence-electron chi connectivity index (χ2n) is 7.59. The Hall–Kier alpha value is -5.23. The highest BCUT2D eigenvalue weighted by Gasteiger charge is 2.16. The number of anilines is 3. The molecule has 0 bridgehead atoms. The summed E-state index contributed by atoms with van der Waals surface area (Å²) in [6, 6.07) is 22.2. The number of benzene rings is 4. The second kappa shape index (κ2) is 11.3. The molecule has 4 aromatic carbocycles. The average Bonchev–Trinajstić information content (AvgIpc) is 2.91. The largest absolute Gasteiger partial charge is 0.505 e. The van der Waals surface area contributed by atoms with Gasteiger partial charge in [-0.3, -0.25) is 9.59 Å². The van der Waals surface area contributed by atoms with Crippen molar-refractivity contribution in [2.45, 2.75) is 0 Å². The van der Waals surface area contributed by atoms with E-state index in [9.17, 15) is 14.7 Å². The predicted molar refractivity (Wildman–Crippen MR) is 140 cm³/mol. The van der Waals surface area contributed by atoms with Gasteiger partial charge >= 0.3 is 0 Å². The molecule has 4 rings (SSSR count). The zero-order valence-electron chi connectivity index (χ0n) is 19.7. The van der Waals surface area contributed by atoms with Crippen LogP contribution < -0.4 is 26.8 Å². The third-order valence-electron chi connectivity index (χ3n) is 5.30. The molecule has 182 valence electrons. The Morgan fingerprint density at radius 3 is 2.28 bits per heavy atom. The SMILES string of the molecule is CNC(=O)c1ccc(OC)c(N)c1.N#Cc1ccc(NC(=O)c2cc3ccccc3c(N)c2O)cc1. The molecular weight excluding hydrogens is 458 g/mol. The fraction of sp³-hybridized carbons (Fsp3) is 0.0741. The number of phenolic OH excluding ortho intramolecular Hbond substituents is 1. The molecule has 0 saturated heterocycles. The van der Waals surface area contributed by atoms with Crippen molar-refractivity contribution in [3.8, 4) is 17.6 Å². The van der Waals surface area contributed by atoms with Crippen molar-refractivity contribution < 1.29 is 19.4 Å². The third-order valence-corrected chi connectivity index (χ3v) is 5.30. The molecule has 7 N–H and O–H groups in total. The molecule has 0 aliphatic heterocycles. The molecule has 2 amide bonds. The molecule has 36 heavy (non-hydrogen) atoms. The van der Waals surface area contributed by atoms with Crippen molar-refractivity contribution in [1.82, 2.24) is 5.32 Å². The number of nitrogens with two attached hydrogens (primary N) is 2. The minimum Gasteiger partial charge on any atom is -0.505 e. The van der Waals surface area contributed by atoms with E-state index in [4.69, 9.17) is 21.5 Å². The number of carbonyl (C=O) groups excluding carboxylic acids is 2. The summed E-state index contributed by atoms with van der Waals surface area (Å²) < 4.78 is 4.96. The number of nitrogens with zero attached hydrogens (tertiary/aromatic N) is 1. The topological polar surface area (TPSA) is 163 Å². The molecule has 0 radical (unpaired) electrons. The number of hydrogen-bond donors (Lipinski definition) is 5. The summed E-state index contributed by atoms with van der Waals surface area (Å²) in [4.78, 5) is 23.6. The molecule has 0 spiro atoms. The average molecular weight is 484 g/mol. The number of fused-ring (bicyclic) bond motifs is 1. The van der Waals surface area contributed by atoms with Crippen LogP contribution in [0.15, 0.2) is 72.8 Å². The number of hydrogen-bond acceptors (Lipinski definition) is 7. The standard InChI is InChI=1S/C18H13N3O2.C9H12N2O2/c19-10-11-5-7-13(8-6-11)21-18(23)15-9-12-3-1-2-4-14(12)16(20)17(15)22;1-11-9(12)6-3-4-8(13-2)7(10)5-6/h1-9,22H,20H2,(H,21,23);3-5H,10H2,1-2H3,(H,11,12). The van der Waals surface area contributed by atoms with Crippen molar-refractivity contribution in [2.75, 3.05) is 30.9 Å². The lowest BCUT2D eigenvalue weighted by Crippen LogP contribution is -2.17. The molecule has 0 unspecified atom stereocenters. The summed E-state index contributed by atoms with van der Waals surface area (Å²) in [5.74, 6) is -0.290. The zero-order valence-corrected chi connectivity index (χ0v) is 19.7. The van der Waals surface area contributed by atoms with Crippen LogP contribution in [0, 0.1) is 11.3 Å². The van der Waals surface area contributed by atoms with Gasteiger partial charge in [0.1, 0.15) is 5.75 Å². The van der Waals surface area contributed by atoms with Gasteiger partial charge in [0.2, 0.25) is 0 Å². The van der Waals surface area contributed by atoms with E-state index in [2.05, 4.69) is 10.6 Å². The molecule has 0 aromatic heterocycles. The van der Waals surface area contributed by atoms with E-state index in [1.807, 2.05) is 24.3 Å². The first-order valence-corrected chi connectivity index (χ1v) is 10.8. The monoisotopic (exact) mass is 483 g/mol. The highest BCUT2D eigenvalue weighted by molar-refractivity contribution is 6.11. The Morgan fingerprint density at radius 1 is 0.972 bits per heavy atom. The van der Waals surface area contributed by atoms with Gasteiger partial charge in [0.15, 0.2) is 5.75 Å². The van der Waals surface area contributed by atoms with Gasteiger partial charge in [0.25, 0.3) is 11.8 Å². The van der Waals surface area contributed by atoms with Crippen molar-refractivity contribution in [1.29, 1.82) is 5.26 Å². The van der Waals surface area contributed by atoms with Crippen LogP contribution >= 0.6 is 0 Å². The van der Waals surface area contributed by atoms with Gasteiger partial charge in [-0.1, -0.05) is 24.3 Å². The van der Waals surface area contributed by atoms with E-state index in [0.29, 0.717) is 33.6 Å². The Labute approximate surface area is 207 Å². The first kappa shape index (κ1) is 25.4. The molecule has 4 aromatic rings. The van der Waals surface area contributed by atoms with Gasteiger partial charge in [0, 0.05) is 23.7 Å². The zero-order chi connectivity index (χ0) is 26.2. The third kappa shape index (κ3) is 5.63. The van der Waals surface area contributed by atoms with Crippen molar-refractivity contribution >= 4 is 39.6 Å². The minimum atomic E-state index is -0.468. The lowest BCUT2D eigenvalue weighted by Gasteiger charge is -2.11. The number of nitrogen functional groups attached to an aromatic ring is 2. The number of ether oxygens (including phenoxy) is 1. The summed E-state index contributed by atoms with van der Waals surface area (Å²) >= 11 is 0. The van der Waals surface area contributed by atoms with Crippen LogP contribution in [-0.4, -0.2) is 31.1 Å². The molecule has 0 heterocycles. The van der Waals surface area contributed by atoms with E-state index >= 15 is 0 Å². The van der Waals surface area contributed by atoms with Crippen LogP contribution in [0.3, 0.4) is 0 Å². The molecule has 0 fully saturated rings. The molecule has 0 aliphatic rings. The van der Waals surface area contributed by atoms with Gasteiger partial charge < -0.3 is 31.9 Å². The smallest absolute Gasteiger partial charge is 0.259 e. The molecule has 9 heteroatoms. The number of carbonyl (C=O) groups is 2. The van der Waals surface area contributed by atoms with Crippen molar-refractivity contribution in [3.05, 3.63) is 89.5 Å². The molecule has 9 nitrogen and oxygen atoms in total. The summed E-state index contributed by atoms with van der Waals surface area (Å²) in [6.45, 7) is 0. The maximum absolute atomic E-state index is 12.4. The molecule has 0 aliphatic carbocycles. The Bertz CT molecular complexity index is 1460. The minimum absolute atomic E-state index is 0.102. The number of methoxy groups -OCH3 is 1. The first-order valence-electron chi connectivity index (χ1n) is 10.8. The maximum atomic E-state index is 12.4. The van der Waals surface area contributed by atoms with Gasteiger partial charge in [-0.05, 0) is 53.9 Å². The van der Waals surface area contributed by atoms with E-state index in [-0.39, 0.29) is 22.9 Å². The van der Waals surface area contributed by atoms with Gasteiger partial charge in [0.05, 0.1) is 35.7 Å². The van der Waals surface area contributed by atoms with E-state index in [0.717, 1.165) is 5.39 Å². The van der Waals surface area contributed by atoms with Crippen LogP contribution in [0.5, 0.6) is 11.5 Å².